The van der Waals surface area contributed by atoms with Crippen LogP contribution in [0.3, 0.4) is 0 Å². The fraction of sp³-hybridized carbons (Fsp3) is 0.611. The third-order valence-corrected chi connectivity index (χ3v) is 6.45. The third kappa shape index (κ3) is 2.81. The van der Waals surface area contributed by atoms with E-state index in [1.807, 2.05) is 11.3 Å². The number of thiophene rings is 1. The molecule has 1 saturated carbocycles. The van der Waals surface area contributed by atoms with Crippen LogP contribution < -0.4 is 5.32 Å². The van der Waals surface area contributed by atoms with Crippen molar-refractivity contribution in [1.82, 2.24) is 9.97 Å². The van der Waals surface area contributed by atoms with Crippen molar-refractivity contribution < 1.29 is 0 Å². The van der Waals surface area contributed by atoms with Gasteiger partial charge in [0.05, 0.1) is 11.5 Å². The van der Waals surface area contributed by atoms with Crippen molar-refractivity contribution in [2.24, 2.45) is 0 Å². The van der Waals surface area contributed by atoms with Crippen molar-refractivity contribution in [2.75, 3.05) is 5.32 Å². The minimum absolute atomic E-state index is 0.510. The fourth-order valence-electron chi connectivity index (χ4n) is 4.14. The van der Waals surface area contributed by atoms with Crippen molar-refractivity contribution >= 4 is 27.4 Å². The molecule has 2 aromatic rings. The molecule has 2 heterocycles. The number of aryl methyl sites for hydroxylation is 1. The van der Waals surface area contributed by atoms with Gasteiger partial charge in [-0.05, 0) is 43.6 Å². The molecule has 23 heavy (non-hydrogen) atoms. The summed E-state index contributed by atoms with van der Waals surface area (Å²) in [7, 11) is 0. The summed E-state index contributed by atoms with van der Waals surface area (Å²) < 4.78 is 0. The van der Waals surface area contributed by atoms with Crippen molar-refractivity contribution in [1.29, 1.82) is 5.26 Å². The number of hydrogen-bond donors (Lipinski definition) is 1. The number of aromatic nitrogens is 2. The van der Waals surface area contributed by atoms with Crippen LogP contribution in [-0.4, -0.2) is 16.0 Å². The number of fused-ring (bicyclic) bond motifs is 3. The van der Waals surface area contributed by atoms with E-state index >= 15 is 0 Å². The van der Waals surface area contributed by atoms with E-state index in [0.717, 1.165) is 23.5 Å². The number of anilines is 1. The number of rotatable bonds is 4. The Morgan fingerprint density at radius 1 is 1.22 bits per heavy atom. The molecule has 0 aliphatic heterocycles. The Balaban J connectivity index is 1.69. The zero-order chi connectivity index (χ0) is 15.6. The summed E-state index contributed by atoms with van der Waals surface area (Å²) in [5.74, 6) is 1.54. The Morgan fingerprint density at radius 3 is 2.91 bits per heavy atom. The van der Waals surface area contributed by atoms with Crippen LogP contribution in [0.5, 0.6) is 0 Å². The number of nitriles is 1. The molecule has 0 unspecified atom stereocenters. The van der Waals surface area contributed by atoms with E-state index in [4.69, 9.17) is 5.26 Å². The predicted octanol–water partition coefficient (Wildman–Crippen LogP) is 4.77. The maximum Gasteiger partial charge on any atom is 0.138 e. The quantitative estimate of drug-likeness (QED) is 0.879. The Hall–Kier alpha value is -1.67. The minimum Gasteiger partial charge on any atom is -0.367 e. The van der Waals surface area contributed by atoms with Crippen LogP contribution in [0, 0.1) is 11.3 Å². The molecule has 0 radical (unpaired) electrons. The van der Waals surface area contributed by atoms with E-state index in [-0.39, 0.29) is 0 Å². The van der Waals surface area contributed by atoms with Crippen molar-refractivity contribution in [3.05, 3.63) is 16.8 Å². The molecule has 4 rings (SSSR count). The molecule has 0 saturated heterocycles. The second-order valence-corrected chi connectivity index (χ2v) is 7.84. The highest BCUT2D eigenvalue weighted by Gasteiger charge is 2.29. The monoisotopic (exact) mass is 326 g/mol. The highest BCUT2D eigenvalue weighted by molar-refractivity contribution is 7.19. The Morgan fingerprint density at radius 2 is 2.09 bits per heavy atom. The topological polar surface area (TPSA) is 61.6 Å². The average Bonchev–Trinajstić information content (AvgIpc) is 3.13. The van der Waals surface area contributed by atoms with E-state index in [2.05, 4.69) is 21.4 Å². The molecule has 0 aromatic carbocycles. The van der Waals surface area contributed by atoms with Gasteiger partial charge in [0.15, 0.2) is 0 Å². The molecule has 0 spiro atoms. The van der Waals surface area contributed by atoms with Crippen LogP contribution in [-0.2, 0) is 6.42 Å². The fourth-order valence-corrected chi connectivity index (χ4v) is 5.39. The maximum atomic E-state index is 8.92. The Labute approximate surface area is 141 Å². The second-order valence-electron chi connectivity index (χ2n) is 6.75. The first-order chi connectivity index (χ1) is 11.4. The van der Waals surface area contributed by atoms with Gasteiger partial charge in [-0.2, -0.15) is 5.26 Å². The van der Waals surface area contributed by atoms with Gasteiger partial charge in [-0.3, -0.25) is 0 Å². The maximum absolute atomic E-state index is 8.92. The van der Waals surface area contributed by atoms with Crippen LogP contribution >= 0.6 is 11.3 Å². The molecular weight excluding hydrogens is 304 g/mol. The first-order valence-corrected chi connectivity index (χ1v) is 9.58. The van der Waals surface area contributed by atoms with Gasteiger partial charge in [0.25, 0.3) is 0 Å². The molecule has 2 aliphatic rings. The average molecular weight is 326 g/mol. The van der Waals surface area contributed by atoms with Crippen LogP contribution in [0.4, 0.5) is 5.82 Å². The number of nitrogens with one attached hydrogen (secondary N) is 1. The van der Waals surface area contributed by atoms with Crippen LogP contribution in [0.25, 0.3) is 10.2 Å². The first kappa shape index (κ1) is 14.9. The molecular formula is C18H22N4S. The van der Waals surface area contributed by atoms with Gasteiger partial charge >= 0.3 is 0 Å². The summed E-state index contributed by atoms with van der Waals surface area (Å²) in [5, 5.41) is 13.9. The first-order valence-electron chi connectivity index (χ1n) is 8.76. The second kappa shape index (κ2) is 6.45. The largest absolute Gasteiger partial charge is 0.367 e. The van der Waals surface area contributed by atoms with Gasteiger partial charge in [-0.1, -0.05) is 19.3 Å². The lowest BCUT2D eigenvalue weighted by molar-refractivity contribution is 0.462. The van der Waals surface area contributed by atoms with Gasteiger partial charge in [0.1, 0.15) is 17.0 Å². The molecule has 2 aliphatic carbocycles. The molecule has 1 atom stereocenters. The molecule has 120 valence electrons. The van der Waals surface area contributed by atoms with Gasteiger partial charge in [-0.25, -0.2) is 9.97 Å². The normalized spacial score (nSPS) is 21.3. The molecule has 1 N–H and O–H groups in total. The number of hydrogen-bond acceptors (Lipinski definition) is 5. The summed E-state index contributed by atoms with van der Waals surface area (Å²) >= 11 is 1.83. The van der Waals surface area contributed by atoms with Gasteiger partial charge in [-0.15, -0.1) is 11.3 Å². The highest BCUT2D eigenvalue weighted by Crippen LogP contribution is 2.47. The van der Waals surface area contributed by atoms with Crippen molar-refractivity contribution in [3.8, 4) is 6.07 Å². The van der Waals surface area contributed by atoms with Gasteiger partial charge in [0.2, 0.25) is 0 Å². The van der Waals surface area contributed by atoms with Crippen LogP contribution in [0.2, 0.25) is 0 Å². The van der Waals surface area contributed by atoms with Crippen LogP contribution in [0.15, 0.2) is 6.33 Å². The van der Waals surface area contributed by atoms with Crippen molar-refractivity contribution in [3.63, 3.8) is 0 Å². The van der Waals surface area contributed by atoms with Crippen molar-refractivity contribution in [2.45, 2.75) is 69.7 Å². The molecule has 1 fully saturated rings. The van der Waals surface area contributed by atoms with E-state index in [1.165, 1.54) is 54.4 Å². The van der Waals surface area contributed by atoms with E-state index < -0.39 is 0 Å². The van der Waals surface area contributed by atoms with Gasteiger partial charge in [0, 0.05) is 17.3 Å². The molecule has 5 heteroatoms. The molecule has 2 aromatic heterocycles. The lowest BCUT2D eigenvalue weighted by atomic mass is 9.94. The predicted molar refractivity (Wildman–Crippen MR) is 93.8 cm³/mol. The highest BCUT2D eigenvalue weighted by atomic mass is 32.1. The standard InChI is InChI=1S/C18H22N4S/c19-10-4-5-12-8-9-14-15(12)16-17(20-11-21-18(16)23-14)22-13-6-2-1-3-7-13/h11-13H,1-9H2,(H,20,21,22)/t12-/m0/s1. The third-order valence-electron chi connectivity index (χ3n) is 5.28. The number of nitrogens with zero attached hydrogens (tertiary/aromatic N) is 3. The lowest BCUT2D eigenvalue weighted by Gasteiger charge is -2.24. The zero-order valence-electron chi connectivity index (χ0n) is 13.3. The van der Waals surface area contributed by atoms with Gasteiger partial charge < -0.3 is 5.32 Å². The van der Waals surface area contributed by atoms with E-state index in [9.17, 15) is 0 Å². The SMILES string of the molecule is N#CCC[C@H]1CCc2sc3ncnc(NC4CCCCC4)c3c21. The summed E-state index contributed by atoms with van der Waals surface area (Å²) in [6.45, 7) is 0. The van der Waals surface area contributed by atoms with E-state index in [1.54, 1.807) is 6.33 Å². The molecule has 0 bridgehead atoms. The molecule has 4 nitrogen and oxygen atoms in total. The van der Waals surface area contributed by atoms with Crippen LogP contribution in [0.1, 0.15) is 67.7 Å². The zero-order valence-corrected chi connectivity index (χ0v) is 14.2. The smallest absolute Gasteiger partial charge is 0.138 e. The lowest BCUT2D eigenvalue weighted by Crippen LogP contribution is -2.23. The minimum atomic E-state index is 0.510. The molecule has 0 amide bonds. The summed E-state index contributed by atoms with van der Waals surface area (Å²) in [6.07, 6.45) is 12.1. The Bertz CT molecular complexity index is 739. The van der Waals surface area contributed by atoms with E-state index in [0.29, 0.717) is 18.4 Å². The summed E-state index contributed by atoms with van der Waals surface area (Å²) in [6, 6.07) is 2.85. The Kier molecular flexibility index (Phi) is 4.17. The summed E-state index contributed by atoms with van der Waals surface area (Å²) in [5.41, 5.74) is 1.44. The summed E-state index contributed by atoms with van der Waals surface area (Å²) in [4.78, 5) is 11.7.